The van der Waals surface area contributed by atoms with Crippen LogP contribution in [0.5, 0.6) is 11.5 Å². The number of ether oxygens (including phenoxy) is 2. The van der Waals surface area contributed by atoms with Crippen molar-refractivity contribution in [2.24, 2.45) is 0 Å². The number of hydrogen-bond acceptors (Lipinski definition) is 4. The van der Waals surface area contributed by atoms with E-state index in [-0.39, 0.29) is 0 Å². The van der Waals surface area contributed by atoms with Crippen LogP contribution >= 0.6 is 23.2 Å². The van der Waals surface area contributed by atoms with E-state index < -0.39 is 0 Å². The normalized spacial score (nSPS) is 11.1. The van der Waals surface area contributed by atoms with Gasteiger partial charge in [-0.1, -0.05) is 53.5 Å². The average molecular weight is 470 g/mol. The lowest BCUT2D eigenvalue weighted by Crippen LogP contribution is -2.15. The molecule has 0 atom stereocenters. The maximum Gasteiger partial charge on any atom is 0.180 e. The van der Waals surface area contributed by atoms with Crippen LogP contribution in [0.15, 0.2) is 60.7 Å². The number of methoxy groups -OCH3 is 1. The topological polar surface area (TPSA) is 59.2 Å². The van der Waals surface area contributed by atoms with Crippen LogP contribution in [-0.4, -0.2) is 23.6 Å². The summed E-state index contributed by atoms with van der Waals surface area (Å²) in [6, 6.07) is 19.5. The zero-order valence-electron chi connectivity index (χ0n) is 17.8. The zero-order valence-corrected chi connectivity index (χ0v) is 19.3. The van der Waals surface area contributed by atoms with Crippen molar-refractivity contribution in [1.29, 1.82) is 0 Å². The van der Waals surface area contributed by atoms with Gasteiger partial charge in [-0.3, -0.25) is 0 Å². The minimum absolute atomic E-state index is 0.315. The molecule has 4 rings (SSSR count). The Bertz CT molecular complexity index is 1160. The number of benzene rings is 3. The molecule has 0 fully saturated rings. The number of H-pyrrole nitrogens is 1. The van der Waals surface area contributed by atoms with E-state index in [2.05, 4.69) is 15.3 Å². The Morgan fingerprint density at radius 1 is 1.00 bits per heavy atom. The van der Waals surface area contributed by atoms with Gasteiger partial charge in [0.15, 0.2) is 11.5 Å². The summed E-state index contributed by atoms with van der Waals surface area (Å²) in [5.41, 5.74) is 4.01. The van der Waals surface area contributed by atoms with Crippen LogP contribution in [0.25, 0.3) is 11.0 Å². The summed E-state index contributed by atoms with van der Waals surface area (Å²) in [5, 5.41) is 4.62. The summed E-state index contributed by atoms with van der Waals surface area (Å²) in [6.45, 7) is 1.86. The number of aryl methyl sites for hydroxylation is 1. The van der Waals surface area contributed by atoms with Gasteiger partial charge in [0.1, 0.15) is 12.4 Å². The Morgan fingerprint density at radius 3 is 2.62 bits per heavy atom. The lowest BCUT2D eigenvalue weighted by molar-refractivity contribution is 0.284. The second-order valence-electron chi connectivity index (χ2n) is 7.47. The fourth-order valence-electron chi connectivity index (χ4n) is 3.52. The molecule has 5 nitrogen and oxygen atoms in total. The summed E-state index contributed by atoms with van der Waals surface area (Å²) in [6.07, 6.45) is 1.87. The smallest absolute Gasteiger partial charge is 0.180 e. The maximum absolute atomic E-state index is 6.50. The van der Waals surface area contributed by atoms with Gasteiger partial charge < -0.3 is 19.8 Å². The SMILES string of the molecule is COc1cc(CNCCCc2nc3ccccc3[nH]2)cc(Cl)c1OCc1ccccc1Cl. The fraction of sp³-hybridized carbons (Fsp3) is 0.240. The van der Waals surface area contributed by atoms with E-state index in [1.54, 1.807) is 7.11 Å². The molecule has 166 valence electrons. The van der Waals surface area contributed by atoms with E-state index in [0.717, 1.165) is 47.4 Å². The number of aromatic amines is 1. The number of aromatic nitrogens is 2. The summed E-state index contributed by atoms with van der Waals surface area (Å²) < 4.78 is 11.4. The third kappa shape index (κ3) is 5.54. The number of para-hydroxylation sites is 2. The Labute approximate surface area is 197 Å². The molecule has 4 aromatic rings. The largest absolute Gasteiger partial charge is 0.493 e. The van der Waals surface area contributed by atoms with Crippen LogP contribution < -0.4 is 14.8 Å². The van der Waals surface area contributed by atoms with Gasteiger partial charge in [0, 0.05) is 23.6 Å². The van der Waals surface area contributed by atoms with Crippen LogP contribution in [0, 0.1) is 0 Å². The quantitative estimate of drug-likeness (QED) is 0.272. The highest BCUT2D eigenvalue weighted by Crippen LogP contribution is 2.37. The van der Waals surface area contributed by atoms with Gasteiger partial charge in [-0.25, -0.2) is 4.98 Å². The lowest BCUT2D eigenvalue weighted by Gasteiger charge is -2.15. The standard InChI is InChI=1S/C25H25Cl2N3O2/c1-31-23-14-17(13-20(27)25(23)32-16-18-7-2-3-8-19(18)26)15-28-12-6-11-24-29-21-9-4-5-10-22(21)30-24/h2-5,7-10,13-14,28H,6,11-12,15-16H2,1H3,(H,29,30). The van der Waals surface area contributed by atoms with Crippen LogP contribution in [-0.2, 0) is 19.6 Å². The van der Waals surface area contributed by atoms with E-state index in [1.165, 1.54) is 0 Å². The molecule has 7 heteroatoms. The Hall–Kier alpha value is -2.73. The first kappa shape index (κ1) is 22.5. The van der Waals surface area contributed by atoms with Gasteiger partial charge in [-0.05, 0) is 48.9 Å². The van der Waals surface area contributed by atoms with E-state index in [9.17, 15) is 0 Å². The van der Waals surface area contributed by atoms with Crippen LogP contribution in [0.3, 0.4) is 0 Å². The first-order valence-electron chi connectivity index (χ1n) is 10.5. The molecule has 0 unspecified atom stereocenters. The molecule has 2 N–H and O–H groups in total. The molecule has 0 amide bonds. The van der Waals surface area contributed by atoms with Gasteiger partial charge in [0.25, 0.3) is 0 Å². The zero-order chi connectivity index (χ0) is 22.3. The third-order valence-corrected chi connectivity index (χ3v) is 5.80. The number of fused-ring (bicyclic) bond motifs is 1. The molecule has 32 heavy (non-hydrogen) atoms. The van der Waals surface area contributed by atoms with E-state index >= 15 is 0 Å². The molecule has 0 spiro atoms. The average Bonchev–Trinajstić information content (AvgIpc) is 3.21. The summed E-state index contributed by atoms with van der Waals surface area (Å²) >= 11 is 12.7. The van der Waals surface area contributed by atoms with Crippen LogP contribution in [0.1, 0.15) is 23.4 Å². The predicted octanol–water partition coefficient (Wildman–Crippen LogP) is 6.18. The van der Waals surface area contributed by atoms with Crippen LogP contribution in [0.2, 0.25) is 10.0 Å². The van der Waals surface area contributed by atoms with Crippen molar-refractivity contribution in [1.82, 2.24) is 15.3 Å². The molecule has 3 aromatic carbocycles. The number of nitrogens with zero attached hydrogens (tertiary/aromatic N) is 1. The summed E-state index contributed by atoms with van der Waals surface area (Å²) in [4.78, 5) is 7.98. The molecular weight excluding hydrogens is 445 g/mol. The molecule has 0 radical (unpaired) electrons. The van der Waals surface area contributed by atoms with Crippen molar-refractivity contribution in [3.8, 4) is 11.5 Å². The van der Waals surface area contributed by atoms with E-state index in [1.807, 2.05) is 60.7 Å². The molecule has 0 bridgehead atoms. The molecule has 0 aliphatic rings. The number of halogens is 2. The first-order chi connectivity index (χ1) is 15.6. The number of hydrogen-bond donors (Lipinski definition) is 2. The summed E-state index contributed by atoms with van der Waals surface area (Å²) in [5.74, 6) is 2.13. The number of nitrogens with one attached hydrogen (secondary N) is 2. The second kappa shape index (κ2) is 10.7. The van der Waals surface area contributed by atoms with Gasteiger partial charge in [0.05, 0.1) is 23.2 Å². The van der Waals surface area contributed by atoms with Gasteiger partial charge >= 0.3 is 0 Å². The molecule has 0 saturated heterocycles. The maximum atomic E-state index is 6.50. The Kier molecular flexibility index (Phi) is 7.53. The highest BCUT2D eigenvalue weighted by Gasteiger charge is 2.13. The van der Waals surface area contributed by atoms with Gasteiger partial charge in [-0.2, -0.15) is 0 Å². The van der Waals surface area contributed by atoms with Crippen molar-refractivity contribution < 1.29 is 9.47 Å². The second-order valence-corrected chi connectivity index (χ2v) is 8.28. The highest BCUT2D eigenvalue weighted by atomic mass is 35.5. The van der Waals surface area contributed by atoms with Crippen LogP contribution in [0.4, 0.5) is 0 Å². The molecule has 1 heterocycles. The number of imidazole rings is 1. The van der Waals surface area contributed by atoms with E-state index in [4.69, 9.17) is 32.7 Å². The van der Waals surface area contributed by atoms with Gasteiger partial charge in [-0.15, -0.1) is 0 Å². The molecule has 0 aliphatic heterocycles. The van der Waals surface area contributed by atoms with Crippen molar-refractivity contribution >= 4 is 34.2 Å². The third-order valence-electron chi connectivity index (χ3n) is 5.15. The van der Waals surface area contributed by atoms with Crippen molar-refractivity contribution in [3.63, 3.8) is 0 Å². The highest BCUT2D eigenvalue weighted by molar-refractivity contribution is 6.32. The fourth-order valence-corrected chi connectivity index (χ4v) is 4.00. The Morgan fingerprint density at radius 2 is 1.81 bits per heavy atom. The van der Waals surface area contributed by atoms with Crippen molar-refractivity contribution in [2.45, 2.75) is 26.0 Å². The van der Waals surface area contributed by atoms with Crippen molar-refractivity contribution in [2.75, 3.05) is 13.7 Å². The first-order valence-corrected chi connectivity index (χ1v) is 11.3. The minimum Gasteiger partial charge on any atom is -0.493 e. The molecule has 1 aromatic heterocycles. The predicted molar refractivity (Wildman–Crippen MR) is 130 cm³/mol. The van der Waals surface area contributed by atoms with E-state index in [0.29, 0.717) is 34.7 Å². The number of rotatable bonds is 10. The Balaban J connectivity index is 1.29. The summed E-state index contributed by atoms with van der Waals surface area (Å²) in [7, 11) is 1.61. The monoisotopic (exact) mass is 469 g/mol. The molecular formula is C25H25Cl2N3O2. The molecule has 0 saturated carbocycles. The van der Waals surface area contributed by atoms with Gasteiger partial charge in [0.2, 0.25) is 0 Å². The minimum atomic E-state index is 0.315. The lowest BCUT2D eigenvalue weighted by atomic mass is 10.2. The van der Waals surface area contributed by atoms with Crippen molar-refractivity contribution in [3.05, 3.63) is 87.7 Å². The molecule has 0 aliphatic carbocycles.